The first-order valence-electron chi connectivity index (χ1n) is 4.95. The fourth-order valence-electron chi connectivity index (χ4n) is 1.30. The molecule has 0 amide bonds. The third-order valence-corrected chi connectivity index (χ3v) is 3.78. The molecule has 1 aromatic carbocycles. The smallest absolute Gasteiger partial charge is 0.116 e. The molecule has 0 aliphatic carbocycles. The highest BCUT2D eigenvalue weighted by Gasteiger charge is 2.02. The lowest BCUT2D eigenvalue weighted by atomic mass is 10.1. The van der Waals surface area contributed by atoms with Gasteiger partial charge in [0.15, 0.2) is 0 Å². The highest BCUT2D eigenvalue weighted by molar-refractivity contribution is 8.23. The molecule has 0 saturated carbocycles. The van der Waals surface area contributed by atoms with Crippen LogP contribution in [0.15, 0.2) is 29.2 Å². The summed E-state index contributed by atoms with van der Waals surface area (Å²) in [7, 11) is 0. The van der Waals surface area contributed by atoms with Crippen LogP contribution in [0.25, 0.3) is 0 Å². The van der Waals surface area contributed by atoms with Gasteiger partial charge in [0, 0.05) is 4.90 Å². The third kappa shape index (κ3) is 4.45. The van der Waals surface area contributed by atoms with Gasteiger partial charge in [0.2, 0.25) is 0 Å². The van der Waals surface area contributed by atoms with E-state index in [-0.39, 0.29) is 0 Å². The summed E-state index contributed by atoms with van der Waals surface area (Å²) in [6.07, 6.45) is 3.54. The highest BCUT2D eigenvalue weighted by Crippen LogP contribution is 2.24. The molecule has 0 aliphatic heterocycles. The van der Waals surface area contributed by atoms with Crippen molar-refractivity contribution >= 4 is 41.1 Å². The van der Waals surface area contributed by atoms with E-state index < -0.39 is 0 Å². The Morgan fingerprint density at radius 2 is 2.20 bits per heavy atom. The molecule has 0 saturated heterocycles. The Morgan fingerprint density at radius 3 is 2.87 bits per heavy atom. The summed E-state index contributed by atoms with van der Waals surface area (Å²) in [5.41, 5.74) is 1.36. The number of unbranched alkanes of at least 4 members (excludes halogenated alkanes) is 1. The first-order chi connectivity index (χ1) is 7.27. The van der Waals surface area contributed by atoms with Gasteiger partial charge in [-0.25, -0.2) is 0 Å². The van der Waals surface area contributed by atoms with Crippen LogP contribution < -0.4 is 4.72 Å². The normalized spacial score (nSPS) is 10.0. The van der Waals surface area contributed by atoms with Gasteiger partial charge in [-0.1, -0.05) is 55.5 Å². The van der Waals surface area contributed by atoms with E-state index in [9.17, 15) is 0 Å². The molecule has 0 heterocycles. The van der Waals surface area contributed by atoms with E-state index in [0.29, 0.717) is 4.32 Å². The zero-order chi connectivity index (χ0) is 11.1. The molecule has 0 fully saturated rings. The molecule has 1 nitrogen and oxygen atoms in total. The maximum Gasteiger partial charge on any atom is 0.116 e. The first-order valence-corrected chi connectivity index (χ1v) is 6.59. The molecule has 0 spiro atoms. The van der Waals surface area contributed by atoms with Crippen LogP contribution in [-0.2, 0) is 19.2 Å². The molecule has 0 aromatic heterocycles. The zero-order valence-corrected chi connectivity index (χ0v) is 11.1. The summed E-state index contributed by atoms with van der Waals surface area (Å²) in [6.45, 7) is 2.20. The zero-order valence-electron chi connectivity index (χ0n) is 8.66. The van der Waals surface area contributed by atoms with E-state index in [0.717, 1.165) is 6.42 Å². The van der Waals surface area contributed by atoms with Crippen molar-refractivity contribution in [2.24, 2.45) is 0 Å². The summed E-state index contributed by atoms with van der Waals surface area (Å²) < 4.78 is 3.22. The second-order valence-corrected chi connectivity index (χ2v) is 5.13. The minimum absolute atomic E-state index is 0.647. The summed E-state index contributed by atoms with van der Waals surface area (Å²) in [5.74, 6) is 0. The van der Waals surface area contributed by atoms with E-state index in [2.05, 4.69) is 29.8 Å². The van der Waals surface area contributed by atoms with Gasteiger partial charge in [-0.2, -0.15) is 0 Å². The molecule has 0 aliphatic rings. The lowest BCUT2D eigenvalue weighted by Crippen LogP contribution is -2.08. The number of benzene rings is 1. The van der Waals surface area contributed by atoms with E-state index in [1.165, 1.54) is 35.1 Å². The van der Waals surface area contributed by atoms with Crippen molar-refractivity contribution in [1.82, 2.24) is 4.72 Å². The highest BCUT2D eigenvalue weighted by atomic mass is 32.2. The lowest BCUT2D eigenvalue weighted by molar-refractivity contribution is 0.785. The van der Waals surface area contributed by atoms with Gasteiger partial charge in [0.25, 0.3) is 0 Å². The number of nitrogens with one attached hydrogen (secondary N) is 1. The SMILES string of the molecule is CCCCc1ccccc1SC(=S)N[S-]. The topological polar surface area (TPSA) is 12.0 Å². The molecular weight excluding hydrogens is 242 g/mol. The second kappa shape index (κ2) is 7.14. The van der Waals surface area contributed by atoms with Crippen molar-refractivity contribution in [2.75, 3.05) is 0 Å². The Labute approximate surface area is 107 Å². The van der Waals surface area contributed by atoms with Crippen LogP contribution in [0.3, 0.4) is 0 Å². The van der Waals surface area contributed by atoms with Crippen molar-refractivity contribution in [1.29, 1.82) is 0 Å². The first kappa shape index (κ1) is 12.9. The molecule has 0 radical (unpaired) electrons. The predicted octanol–water partition coefficient (Wildman–Crippen LogP) is 3.46. The number of thioether (sulfide) groups is 1. The van der Waals surface area contributed by atoms with Gasteiger partial charge in [-0.05, 0) is 24.5 Å². The van der Waals surface area contributed by atoms with Crippen LogP contribution in [-0.4, -0.2) is 4.32 Å². The summed E-state index contributed by atoms with van der Waals surface area (Å²) in [5, 5.41) is 0. The Hall–Kier alpha value is -0.190. The third-order valence-electron chi connectivity index (χ3n) is 2.06. The summed E-state index contributed by atoms with van der Waals surface area (Å²) in [4.78, 5) is 1.22. The lowest BCUT2D eigenvalue weighted by Gasteiger charge is -2.13. The van der Waals surface area contributed by atoms with E-state index in [4.69, 9.17) is 25.0 Å². The summed E-state index contributed by atoms with van der Waals surface area (Å²) >= 11 is 11.3. The second-order valence-electron chi connectivity index (χ2n) is 3.20. The molecule has 82 valence electrons. The fourth-order valence-corrected chi connectivity index (χ4v) is 2.38. The van der Waals surface area contributed by atoms with Crippen molar-refractivity contribution < 1.29 is 0 Å². The molecule has 1 N–H and O–H groups in total. The van der Waals surface area contributed by atoms with Gasteiger partial charge in [0.05, 0.1) is 0 Å². The predicted molar refractivity (Wildman–Crippen MR) is 74.0 cm³/mol. The number of aryl methyl sites for hydroxylation is 1. The van der Waals surface area contributed by atoms with Crippen molar-refractivity contribution in [3.8, 4) is 0 Å². The minimum atomic E-state index is 0.647. The standard InChI is InChI=1S/C11H14NS3/c1-2-3-6-9-7-4-5-8-10(9)15-11(13)12-14/h4-5,7-8H,2-3,6H2,1H3,(H-,12,13,14)/q-1. The average molecular weight is 256 g/mol. The quantitative estimate of drug-likeness (QED) is 0.503. The van der Waals surface area contributed by atoms with E-state index in [1.54, 1.807) is 0 Å². The van der Waals surface area contributed by atoms with Crippen LogP contribution in [0.1, 0.15) is 25.3 Å². The van der Waals surface area contributed by atoms with Crippen LogP contribution in [0.5, 0.6) is 0 Å². The van der Waals surface area contributed by atoms with Gasteiger partial charge in [-0.15, -0.1) is 0 Å². The molecule has 0 bridgehead atoms. The molecule has 15 heavy (non-hydrogen) atoms. The van der Waals surface area contributed by atoms with Crippen LogP contribution in [0.2, 0.25) is 0 Å². The molecule has 1 aromatic rings. The fraction of sp³-hybridized carbons (Fsp3) is 0.364. The van der Waals surface area contributed by atoms with Crippen molar-refractivity contribution in [3.63, 3.8) is 0 Å². The maximum absolute atomic E-state index is 5.06. The van der Waals surface area contributed by atoms with Crippen molar-refractivity contribution in [3.05, 3.63) is 29.8 Å². The molecular formula is C11H14NS3-. The molecule has 0 atom stereocenters. The number of hydrogen-bond donors (Lipinski definition) is 1. The maximum atomic E-state index is 5.06. The largest absolute Gasteiger partial charge is 0.669 e. The van der Waals surface area contributed by atoms with Crippen molar-refractivity contribution in [2.45, 2.75) is 31.1 Å². The Balaban J connectivity index is 2.72. The van der Waals surface area contributed by atoms with E-state index in [1.807, 2.05) is 6.07 Å². The monoisotopic (exact) mass is 256 g/mol. The average Bonchev–Trinajstić information content (AvgIpc) is 2.28. The number of thiocarbonyl (C=S) groups is 1. The van der Waals surface area contributed by atoms with Crippen LogP contribution in [0, 0.1) is 0 Å². The van der Waals surface area contributed by atoms with Gasteiger partial charge in [-0.3, -0.25) is 0 Å². The van der Waals surface area contributed by atoms with E-state index >= 15 is 0 Å². The van der Waals surface area contributed by atoms with Gasteiger partial charge >= 0.3 is 0 Å². The Bertz CT molecular complexity index is 325. The minimum Gasteiger partial charge on any atom is -0.669 e. The number of rotatable bonds is 4. The molecule has 4 heteroatoms. The Kier molecular flexibility index (Phi) is 6.13. The van der Waals surface area contributed by atoms with Gasteiger partial charge in [0.1, 0.15) is 4.32 Å². The van der Waals surface area contributed by atoms with Crippen LogP contribution >= 0.6 is 24.0 Å². The molecule has 0 unspecified atom stereocenters. The summed E-state index contributed by atoms with van der Waals surface area (Å²) in [6, 6.07) is 8.35. The Morgan fingerprint density at radius 1 is 1.47 bits per heavy atom. The van der Waals surface area contributed by atoms with Crippen LogP contribution in [0.4, 0.5) is 0 Å². The van der Waals surface area contributed by atoms with Gasteiger partial charge < -0.3 is 17.5 Å². The number of hydrogen-bond acceptors (Lipinski definition) is 3. The molecule has 1 rings (SSSR count).